The molecule has 0 unspecified atom stereocenters. The molecule has 0 aliphatic heterocycles. The van der Waals surface area contributed by atoms with E-state index in [2.05, 4.69) is 5.32 Å². The van der Waals surface area contributed by atoms with Gasteiger partial charge in [-0.05, 0) is 43.3 Å². The molecular weight excluding hydrogens is 427 g/mol. The third-order valence-corrected chi connectivity index (χ3v) is 5.06. The van der Waals surface area contributed by atoms with Gasteiger partial charge >= 0.3 is 5.97 Å². The van der Waals surface area contributed by atoms with Gasteiger partial charge in [-0.25, -0.2) is 13.2 Å². The van der Waals surface area contributed by atoms with Crippen molar-refractivity contribution in [1.82, 2.24) is 0 Å². The predicted molar refractivity (Wildman–Crippen MR) is 110 cm³/mol. The van der Waals surface area contributed by atoms with Crippen molar-refractivity contribution in [2.75, 3.05) is 29.0 Å². The number of nitrogens with one attached hydrogen (secondary N) is 1. The summed E-state index contributed by atoms with van der Waals surface area (Å²) in [6.45, 7) is 1.41. The maximum Gasteiger partial charge on any atom is 0.338 e. The Labute approximate surface area is 173 Å². The average molecular weight is 445 g/mol. The molecule has 7 nitrogen and oxygen atoms in total. The minimum atomic E-state index is -3.79. The Bertz CT molecular complexity index is 975. The highest BCUT2D eigenvalue weighted by molar-refractivity contribution is 7.92. The molecule has 0 aliphatic carbocycles. The Kier molecular flexibility index (Phi) is 7.29. The van der Waals surface area contributed by atoms with E-state index in [1.165, 1.54) is 24.3 Å². The van der Waals surface area contributed by atoms with Crippen molar-refractivity contribution < 1.29 is 22.7 Å². The molecule has 0 saturated carbocycles. The SMILES string of the molecule is CCOC(=O)c1cccc(NC(=O)CN(c2cc(Cl)cc(Cl)c2)S(C)(=O)=O)c1. The van der Waals surface area contributed by atoms with E-state index in [1.807, 2.05) is 0 Å². The number of halogens is 2. The molecule has 28 heavy (non-hydrogen) atoms. The number of hydrogen-bond acceptors (Lipinski definition) is 5. The van der Waals surface area contributed by atoms with Crippen LogP contribution in [0.2, 0.25) is 10.0 Å². The molecule has 2 aromatic carbocycles. The smallest absolute Gasteiger partial charge is 0.338 e. The van der Waals surface area contributed by atoms with Crippen LogP contribution in [0.1, 0.15) is 17.3 Å². The van der Waals surface area contributed by atoms with Gasteiger partial charge in [0.15, 0.2) is 0 Å². The molecule has 0 aliphatic rings. The van der Waals surface area contributed by atoms with Gasteiger partial charge in [0, 0.05) is 15.7 Å². The van der Waals surface area contributed by atoms with Crippen molar-refractivity contribution in [3.8, 4) is 0 Å². The highest BCUT2D eigenvalue weighted by atomic mass is 35.5. The molecule has 10 heteroatoms. The van der Waals surface area contributed by atoms with Gasteiger partial charge in [-0.15, -0.1) is 0 Å². The van der Waals surface area contributed by atoms with Crippen molar-refractivity contribution in [2.45, 2.75) is 6.92 Å². The zero-order chi connectivity index (χ0) is 20.9. The molecule has 150 valence electrons. The second-order valence-electron chi connectivity index (χ2n) is 5.75. The van der Waals surface area contributed by atoms with Gasteiger partial charge in [0.1, 0.15) is 6.54 Å². The Balaban J connectivity index is 2.21. The van der Waals surface area contributed by atoms with Crippen LogP contribution in [0.3, 0.4) is 0 Å². The van der Waals surface area contributed by atoms with Crippen molar-refractivity contribution in [3.05, 3.63) is 58.1 Å². The first kappa shape index (κ1) is 22.0. The van der Waals surface area contributed by atoms with E-state index >= 15 is 0 Å². The number of amides is 1. The van der Waals surface area contributed by atoms with Crippen molar-refractivity contribution in [1.29, 1.82) is 0 Å². The summed E-state index contributed by atoms with van der Waals surface area (Å²) in [5.74, 6) is -1.13. The van der Waals surface area contributed by atoms with Crippen LogP contribution in [0.25, 0.3) is 0 Å². The number of esters is 1. The Morgan fingerprint density at radius 1 is 1.11 bits per heavy atom. The van der Waals surface area contributed by atoms with Gasteiger partial charge < -0.3 is 10.1 Å². The third-order valence-electron chi connectivity index (χ3n) is 3.48. The van der Waals surface area contributed by atoms with E-state index in [1.54, 1.807) is 25.1 Å². The Morgan fingerprint density at radius 2 is 1.75 bits per heavy atom. The first-order valence-corrected chi connectivity index (χ1v) is 10.7. The van der Waals surface area contributed by atoms with Crippen molar-refractivity contribution >= 4 is 56.5 Å². The van der Waals surface area contributed by atoms with E-state index in [4.69, 9.17) is 27.9 Å². The largest absolute Gasteiger partial charge is 0.462 e. The van der Waals surface area contributed by atoms with Crippen LogP contribution in [0.4, 0.5) is 11.4 Å². The summed E-state index contributed by atoms with van der Waals surface area (Å²) >= 11 is 11.9. The van der Waals surface area contributed by atoms with Gasteiger partial charge in [-0.2, -0.15) is 0 Å². The number of carbonyl (C=O) groups is 2. The summed E-state index contributed by atoms with van der Waals surface area (Å²) in [6, 6.07) is 10.4. The fraction of sp³-hybridized carbons (Fsp3) is 0.222. The van der Waals surface area contributed by atoms with E-state index in [0.29, 0.717) is 5.69 Å². The van der Waals surface area contributed by atoms with E-state index < -0.39 is 28.4 Å². The van der Waals surface area contributed by atoms with Gasteiger partial charge in [0.25, 0.3) is 0 Å². The lowest BCUT2D eigenvalue weighted by atomic mass is 10.2. The van der Waals surface area contributed by atoms with Gasteiger partial charge in [-0.1, -0.05) is 29.3 Å². The lowest BCUT2D eigenvalue weighted by Crippen LogP contribution is -2.37. The molecule has 2 rings (SSSR count). The number of ether oxygens (including phenoxy) is 1. The zero-order valence-electron chi connectivity index (χ0n) is 15.1. The number of anilines is 2. The number of carbonyl (C=O) groups excluding carboxylic acids is 2. The first-order chi connectivity index (χ1) is 13.1. The normalized spacial score (nSPS) is 11.0. The molecule has 0 aromatic heterocycles. The zero-order valence-corrected chi connectivity index (χ0v) is 17.4. The topological polar surface area (TPSA) is 92.8 Å². The maximum absolute atomic E-state index is 12.4. The van der Waals surface area contributed by atoms with Gasteiger partial charge in [0.05, 0.1) is 24.1 Å². The van der Waals surface area contributed by atoms with Gasteiger partial charge in [0.2, 0.25) is 15.9 Å². The standard InChI is InChI=1S/C18H18Cl2N2O5S/c1-3-27-18(24)12-5-4-6-15(7-12)21-17(23)11-22(28(2,25)26)16-9-13(19)8-14(20)10-16/h4-10H,3,11H2,1-2H3,(H,21,23). The van der Waals surface area contributed by atoms with E-state index in [-0.39, 0.29) is 27.9 Å². The molecule has 0 fully saturated rings. The second kappa shape index (κ2) is 9.27. The summed E-state index contributed by atoms with van der Waals surface area (Å²) in [6.07, 6.45) is 0.969. The maximum atomic E-state index is 12.4. The summed E-state index contributed by atoms with van der Waals surface area (Å²) in [7, 11) is -3.79. The fourth-order valence-corrected chi connectivity index (χ4v) is 3.71. The summed E-state index contributed by atoms with van der Waals surface area (Å²) in [5.41, 5.74) is 0.754. The average Bonchev–Trinajstić information content (AvgIpc) is 2.58. The molecule has 1 N–H and O–H groups in total. The number of rotatable bonds is 7. The molecule has 1 amide bonds. The fourth-order valence-electron chi connectivity index (χ4n) is 2.35. The molecule has 0 heterocycles. The van der Waals surface area contributed by atoms with Gasteiger partial charge in [-0.3, -0.25) is 9.10 Å². The monoisotopic (exact) mass is 444 g/mol. The van der Waals surface area contributed by atoms with Crippen LogP contribution in [0, 0.1) is 0 Å². The minimum absolute atomic E-state index is 0.162. The van der Waals surface area contributed by atoms with Crippen molar-refractivity contribution in [3.63, 3.8) is 0 Å². The molecule has 0 atom stereocenters. The van der Waals surface area contributed by atoms with Crippen LogP contribution in [0.5, 0.6) is 0 Å². The lowest BCUT2D eigenvalue weighted by Gasteiger charge is -2.22. The number of hydrogen-bond donors (Lipinski definition) is 1. The molecular formula is C18H18Cl2N2O5S. The first-order valence-electron chi connectivity index (χ1n) is 8.11. The Morgan fingerprint density at radius 3 is 2.32 bits per heavy atom. The quantitative estimate of drug-likeness (QED) is 0.658. The molecule has 0 saturated heterocycles. The van der Waals surface area contributed by atoms with Crippen LogP contribution >= 0.6 is 23.2 Å². The highest BCUT2D eigenvalue weighted by Crippen LogP contribution is 2.27. The minimum Gasteiger partial charge on any atom is -0.462 e. The van der Waals surface area contributed by atoms with E-state index in [9.17, 15) is 18.0 Å². The Hall–Kier alpha value is -2.29. The summed E-state index contributed by atoms with van der Waals surface area (Å²) in [5, 5.41) is 3.03. The number of sulfonamides is 1. The van der Waals surface area contributed by atoms with Crippen molar-refractivity contribution in [2.24, 2.45) is 0 Å². The summed E-state index contributed by atoms with van der Waals surface area (Å²) < 4.78 is 30.1. The molecule has 0 bridgehead atoms. The van der Waals surface area contributed by atoms with Crippen LogP contribution in [-0.4, -0.2) is 39.7 Å². The van der Waals surface area contributed by atoms with Crippen LogP contribution in [-0.2, 0) is 19.6 Å². The lowest BCUT2D eigenvalue weighted by molar-refractivity contribution is -0.114. The van der Waals surface area contributed by atoms with E-state index in [0.717, 1.165) is 10.6 Å². The number of benzene rings is 2. The predicted octanol–water partition coefficient (Wildman–Crippen LogP) is 3.57. The summed E-state index contributed by atoms with van der Waals surface area (Å²) in [4.78, 5) is 24.2. The number of nitrogens with zero attached hydrogens (tertiary/aromatic N) is 1. The second-order valence-corrected chi connectivity index (χ2v) is 8.53. The molecule has 2 aromatic rings. The third kappa shape index (κ3) is 6.12. The van der Waals surface area contributed by atoms with Crippen LogP contribution < -0.4 is 9.62 Å². The van der Waals surface area contributed by atoms with Crippen LogP contribution in [0.15, 0.2) is 42.5 Å². The molecule has 0 radical (unpaired) electrons. The molecule has 0 spiro atoms. The highest BCUT2D eigenvalue weighted by Gasteiger charge is 2.22.